The highest BCUT2D eigenvalue weighted by Crippen LogP contribution is 2.40. The Morgan fingerprint density at radius 1 is 1.08 bits per heavy atom. The zero-order valence-electron chi connectivity index (χ0n) is 20.4. The number of Topliss-reactive ketones (excluding diaryl/α,β-unsaturated/α-hetero) is 1. The van der Waals surface area contributed by atoms with Crippen LogP contribution in [0.4, 0.5) is 0 Å². The first kappa shape index (κ1) is 24.3. The molecule has 0 radical (unpaired) electrons. The number of allylic oxidation sites excluding steroid dienone is 1. The van der Waals surface area contributed by atoms with E-state index in [0.717, 1.165) is 15.6 Å². The van der Waals surface area contributed by atoms with Crippen LogP contribution >= 0.6 is 15.9 Å². The minimum atomic E-state index is -0.477. The predicted molar refractivity (Wildman–Crippen MR) is 139 cm³/mol. The molecule has 0 bridgehead atoms. The average molecular weight is 549 g/mol. The highest BCUT2D eigenvalue weighted by molar-refractivity contribution is 9.10. The fourth-order valence-corrected chi connectivity index (χ4v) is 4.79. The van der Waals surface area contributed by atoms with Crippen LogP contribution in [0.2, 0.25) is 0 Å². The maximum Gasteiger partial charge on any atom is 0.343 e. The lowest BCUT2D eigenvalue weighted by Crippen LogP contribution is -2.13. The van der Waals surface area contributed by atoms with Crippen LogP contribution in [-0.2, 0) is 16.8 Å². The first-order chi connectivity index (χ1) is 17.1. The molecule has 3 aromatic carbocycles. The topological polar surface area (TPSA) is 71.1 Å². The molecule has 0 N–H and O–H groups in total. The SMILES string of the molecule is Cc1cc(OC(=O)c2ccc(C(C)(C)C)cc2)cc2c1C(=O)/C(=C/c1cc(Br)cc3c1OCOC3)O2. The maximum atomic E-state index is 13.2. The van der Waals surface area contributed by atoms with Gasteiger partial charge < -0.3 is 18.9 Å². The molecule has 0 atom stereocenters. The third kappa shape index (κ3) is 4.68. The van der Waals surface area contributed by atoms with Crippen molar-refractivity contribution in [3.05, 3.63) is 92.1 Å². The quantitative estimate of drug-likeness (QED) is 0.204. The normalized spacial score (nSPS) is 15.7. The summed E-state index contributed by atoms with van der Waals surface area (Å²) in [5, 5.41) is 0. The van der Waals surface area contributed by atoms with Gasteiger partial charge in [-0.15, -0.1) is 0 Å². The summed E-state index contributed by atoms with van der Waals surface area (Å²) in [6.45, 7) is 8.71. The summed E-state index contributed by atoms with van der Waals surface area (Å²) < 4.78 is 23.4. The number of hydrogen-bond donors (Lipinski definition) is 0. The Kier molecular flexibility index (Phi) is 6.22. The van der Waals surface area contributed by atoms with Crippen LogP contribution in [-0.4, -0.2) is 18.5 Å². The molecule has 0 saturated heterocycles. The van der Waals surface area contributed by atoms with Gasteiger partial charge in [-0.1, -0.05) is 48.8 Å². The number of ether oxygens (including phenoxy) is 4. The van der Waals surface area contributed by atoms with Crippen molar-refractivity contribution < 1.29 is 28.5 Å². The molecule has 36 heavy (non-hydrogen) atoms. The first-order valence-electron chi connectivity index (χ1n) is 11.5. The zero-order chi connectivity index (χ0) is 25.6. The van der Waals surface area contributed by atoms with Gasteiger partial charge in [-0.3, -0.25) is 4.79 Å². The van der Waals surface area contributed by atoms with Crippen LogP contribution in [0.15, 0.2) is 58.8 Å². The van der Waals surface area contributed by atoms with Gasteiger partial charge >= 0.3 is 5.97 Å². The van der Waals surface area contributed by atoms with E-state index in [9.17, 15) is 9.59 Å². The lowest BCUT2D eigenvalue weighted by molar-refractivity contribution is -0.0165. The molecule has 7 heteroatoms. The summed E-state index contributed by atoms with van der Waals surface area (Å²) in [7, 11) is 0. The van der Waals surface area contributed by atoms with Crippen molar-refractivity contribution >= 4 is 33.8 Å². The molecule has 5 rings (SSSR count). The van der Waals surface area contributed by atoms with Gasteiger partial charge in [0.2, 0.25) is 5.78 Å². The number of carbonyl (C=O) groups excluding carboxylic acids is 2. The van der Waals surface area contributed by atoms with Crippen molar-refractivity contribution in [1.82, 2.24) is 0 Å². The Morgan fingerprint density at radius 2 is 1.83 bits per heavy atom. The van der Waals surface area contributed by atoms with Crippen molar-refractivity contribution in [1.29, 1.82) is 0 Å². The van der Waals surface area contributed by atoms with Crippen LogP contribution in [0.1, 0.15) is 63.7 Å². The van der Waals surface area contributed by atoms with Crippen molar-refractivity contribution in [3.63, 3.8) is 0 Å². The van der Waals surface area contributed by atoms with Gasteiger partial charge in [-0.05, 0) is 59.9 Å². The molecule has 2 aliphatic heterocycles. The summed E-state index contributed by atoms with van der Waals surface area (Å²) in [6.07, 6.45) is 1.67. The molecule has 0 saturated carbocycles. The molecule has 0 aromatic heterocycles. The van der Waals surface area contributed by atoms with E-state index in [1.165, 1.54) is 0 Å². The number of aryl methyl sites for hydroxylation is 1. The fourth-order valence-electron chi connectivity index (χ4n) is 4.27. The Morgan fingerprint density at radius 3 is 2.56 bits per heavy atom. The smallest absolute Gasteiger partial charge is 0.343 e. The molecule has 6 nitrogen and oxygen atoms in total. The number of esters is 1. The third-order valence-electron chi connectivity index (χ3n) is 6.13. The van der Waals surface area contributed by atoms with Crippen molar-refractivity contribution in [2.45, 2.75) is 39.7 Å². The van der Waals surface area contributed by atoms with Crippen molar-refractivity contribution in [3.8, 4) is 17.2 Å². The second-order valence-electron chi connectivity index (χ2n) is 9.86. The van der Waals surface area contributed by atoms with Crippen LogP contribution in [0.25, 0.3) is 6.08 Å². The standard InChI is InChI=1S/C29H25BrO6/c1-16-9-22(35-28(32)17-5-7-20(8-6-17)29(2,3)4)13-23-25(16)26(31)24(36-23)12-18-10-21(30)11-19-14-33-15-34-27(18)19/h5-13H,14-15H2,1-4H3/b24-12-. The Hall–Kier alpha value is -3.42. The number of carbonyl (C=O) groups is 2. The third-order valence-corrected chi connectivity index (χ3v) is 6.59. The zero-order valence-corrected chi connectivity index (χ0v) is 22.0. The number of ketones is 1. The number of fused-ring (bicyclic) bond motifs is 2. The first-order valence-corrected chi connectivity index (χ1v) is 12.3. The molecule has 0 spiro atoms. The summed E-state index contributed by atoms with van der Waals surface area (Å²) in [6, 6.07) is 14.4. The van der Waals surface area contributed by atoms with E-state index in [-0.39, 0.29) is 23.8 Å². The van der Waals surface area contributed by atoms with E-state index in [1.807, 2.05) is 24.3 Å². The number of hydrogen-bond acceptors (Lipinski definition) is 6. The Bertz CT molecular complexity index is 1410. The molecule has 0 unspecified atom stereocenters. The van der Waals surface area contributed by atoms with E-state index in [1.54, 1.807) is 37.3 Å². The number of benzene rings is 3. The summed E-state index contributed by atoms with van der Waals surface area (Å²) in [5.41, 5.74) is 4.26. The van der Waals surface area contributed by atoms with Crippen LogP contribution < -0.4 is 14.2 Å². The molecule has 0 aliphatic carbocycles. The Balaban J connectivity index is 1.40. The second-order valence-corrected chi connectivity index (χ2v) is 10.8. The molecule has 184 valence electrons. The lowest BCUT2D eigenvalue weighted by Gasteiger charge is -2.20. The summed E-state index contributed by atoms with van der Waals surface area (Å²) in [4.78, 5) is 25.9. The second kappa shape index (κ2) is 9.22. The molecule has 3 aromatic rings. The minimum absolute atomic E-state index is 0.0103. The van der Waals surface area contributed by atoms with E-state index < -0.39 is 5.97 Å². The molecular formula is C29H25BrO6. The van der Waals surface area contributed by atoms with Crippen LogP contribution in [0.5, 0.6) is 17.2 Å². The monoisotopic (exact) mass is 548 g/mol. The summed E-state index contributed by atoms with van der Waals surface area (Å²) in [5.74, 6) is 0.780. The van der Waals surface area contributed by atoms with Gasteiger partial charge in [0, 0.05) is 21.7 Å². The predicted octanol–water partition coefficient (Wildman–Crippen LogP) is 6.76. The van der Waals surface area contributed by atoms with Crippen molar-refractivity contribution in [2.75, 3.05) is 6.79 Å². The van der Waals surface area contributed by atoms with E-state index in [4.69, 9.17) is 18.9 Å². The van der Waals surface area contributed by atoms with Crippen LogP contribution in [0, 0.1) is 6.92 Å². The molecule has 0 fully saturated rings. The van der Waals surface area contributed by atoms with Gasteiger partial charge in [0.25, 0.3) is 0 Å². The fraction of sp³-hybridized carbons (Fsp3) is 0.241. The van der Waals surface area contributed by atoms with Crippen LogP contribution in [0.3, 0.4) is 0 Å². The van der Waals surface area contributed by atoms with Gasteiger partial charge in [-0.25, -0.2) is 4.79 Å². The van der Waals surface area contributed by atoms with E-state index in [2.05, 4.69) is 36.7 Å². The summed E-state index contributed by atoms with van der Waals surface area (Å²) >= 11 is 3.50. The van der Waals surface area contributed by atoms with Gasteiger partial charge in [0.05, 0.1) is 17.7 Å². The highest BCUT2D eigenvalue weighted by Gasteiger charge is 2.31. The van der Waals surface area contributed by atoms with E-state index in [0.29, 0.717) is 46.1 Å². The number of rotatable bonds is 3. The van der Waals surface area contributed by atoms with Crippen molar-refractivity contribution in [2.24, 2.45) is 0 Å². The van der Waals surface area contributed by atoms with Gasteiger partial charge in [0.15, 0.2) is 12.6 Å². The lowest BCUT2D eigenvalue weighted by atomic mass is 9.87. The number of halogens is 1. The largest absolute Gasteiger partial charge is 0.467 e. The van der Waals surface area contributed by atoms with Gasteiger partial charge in [0.1, 0.15) is 17.2 Å². The Labute approximate surface area is 218 Å². The average Bonchev–Trinajstić information content (AvgIpc) is 3.13. The molecule has 2 heterocycles. The minimum Gasteiger partial charge on any atom is -0.467 e. The highest BCUT2D eigenvalue weighted by atomic mass is 79.9. The molecule has 2 aliphatic rings. The van der Waals surface area contributed by atoms with Gasteiger partial charge in [-0.2, -0.15) is 0 Å². The maximum absolute atomic E-state index is 13.2. The molecular weight excluding hydrogens is 524 g/mol. The van der Waals surface area contributed by atoms with E-state index >= 15 is 0 Å². The molecule has 0 amide bonds.